The zero-order valence-corrected chi connectivity index (χ0v) is 24.9. The monoisotopic (exact) mass is 610 g/mol. The number of aryl methyl sites for hydroxylation is 2. The van der Waals surface area contributed by atoms with Gasteiger partial charge in [-0.3, -0.25) is 33.7 Å². The Morgan fingerprint density at radius 3 is 2.23 bits per heavy atom. The maximum Gasteiger partial charge on any atom is 0.305 e. The maximum absolute atomic E-state index is 14.0. The summed E-state index contributed by atoms with van der Waals surface area (Å²) in [6, 6.07) is 6.15. The molecular weight excluding hydrogens is 576 g/mol. The molecule has 1 heterocycles. The van der Waals surface area contributed by atoms with E-state index in [2.05, 4.69) is 10.6 Å². The summed E-state index contributed by atoms with van der Waals surface area (Å²) in [5.74, 6) is -5.16. The van der Waals surface area contributed by atoms with Gasteiger partial charge >= 0.3 is 11.9 Å². The van der Waals surface area contributed by atoms with E-state index in [1.807, 2.05) is 0 Å². The average molecular weight is 611 g/mol. The highest BCUT2D eigenvalue weighted by Gasteiger charge is 2.43. The van der Waals surface area contributed by atoms with Crippen molar-refractivity contribution >= 4 is 53.2 Å². The third-order valence-electron chi connectivity index (χ3n) is 6.82. The molecule has 0 radical (unpaired) electrons. The minimum atomic E-state index is -1.69. The van der Waals surface area contributed by atoms with Crippen molar-refractivity contribution in [1.82, 2.24) is 10.6 Å². The Bertz CT molecular complexity index is 1500. The van der Waals surface area contributed by atoms with Crippen LogP contribution in [0.2, 0.25) is 0 Å². The lowest BCUT2D eigenvalue weighted by Gasteiger charge is -2.32. The van der Waals surface area contributed by atoms with Gasteiger partial charge in [0.25, 0.3) is 17.7 Å². The fourth-order valence-electron chi connectivity index (χ4n) is 4.82. The van der Waals surface area contributed by atoms with E-state index in [1.54, 1.807) is 26.0 Å². The highest BCUT2D eigenvalue weighted by atomic mass is 16.6. The predicted molar refractivity (Wildman–Crippen MR) is 156 cm³/mol. The molecule has 44 heavy (non-hydrogen) atoms. The molecule has 0 saturated heterocycles. The number of esters is 1. The molecular formula is C30H34N4O10. The first kappa shape index (κ1) is 33.2. The molecule has 14 nitrogen and oxygen atoms in total. The zero-order valence-electron chi connectivity index (χ0n) is 24.9. The number of nitrogens with one attached hydrogen (secondary N) is 2. The fraction of sp³-hybridized carbons (Fsp3) is 0.367. The van der Waals surface area contributed by atoms with Gasteiger partial charge in [-0.1, -0.05) is 12.1 Å². The SMILES string of the molecule is CC(=O)OC(C)(C)C(=O)N1C[C@H](NC(=O)c2cc(C)c(O)c(C)c2)C(=O)N(CC(=O)N[C@H](C=O)CC(=O)O)c2ccccc21. The number of carboxylic acid groups (broad SMARTS) is 1. The first-order chi connectivity index (χ1) is 20.5. The first-order valence-corrected chi connectivity index (χ1v) is 13.5. The van der Waals surface area contributed by atoms with Crippen LogP contribution in [0.1, 0.15) is 48.7 Å². The van der Waals surface area contributed by atoms with Crippen molar-refractivity contribution in [2.45, 2.75) is 58.7 Å². The van der Waals surface area contributed by atoms with Crippen molar-refractivity contribution in [1.29, 1.82) is 0 Å². The molecule has 0 saturated carbocycles. The van der Waals surface area contributed by atoms with Crippen molar-refractivity contribution in [2.24, 2.45) is 0 Å². The number of anilines is 2. The second-order valence-corrected chi connectivity index (χ2v) is 10.8. The molecule has 0 unspecified atom stereocenters. The predicted octanol–water partition coefficient (Wildman–Crippen LogP) is 0.987. The molecule has 4 amide bonds. The van der Waals surface area contributed by atoms with E-state index in [-0.39, 0.29) is 29.0 Å². The van der Waals surface area contributed by atoms with Gasteiger partial charge in [0.05, 0.1) is 30.4 Å². The number of rotatable bonds is 10. The number of benzene rings is 2. The van der Waals surface area contributed by atoms with E-state index in [4.69, 9.17) is 9.84 Å². The topological polar surface area (TPSA) is 200 Å². The van der Waals surface area contributed by atoms with E-state index in [0.717, 1.165) is 11.8 Å². The van der Waals surface area contributed by atoms with Crippen LogP contribution in [0, 0.1) is 13.8 Å². The standard InChI is InChI=1S/C30H34N4O10/c1-16-10-19(11-17(2)26(16)40)27(41)32-21-13-34(29(43)30(4,5)44-18(3)36)23-9-7-6-8-22(23)33(28(21)42)14-24(37)31-20(15-35)12-25(38)39/h6-11,15,20-21,40H,12-14H2,1-5H3,(H,31,37)(H,32,41)(H,38,39)/t20-,21-/m0/s1. The number of ether oxygens (including phenoxy) is 1. The van der Waals surface area contributed by atoms with Crippen LogP contribution in [0.15, 0.2) is 36.4 Å². The second kappa shape index (κ2) is 13.4. The summed E-state index contributed by atoms with van der Waals surface area (Å²) in [5, 5.41) is 24.0. The quantitative estimate of drug-likeness (QED) is 0.222. The number of hydrogen-bond donors (Lipinski definition) is 4. The highest BCUT2D eigenvalue weighted by molar-refractivity contribution is 6.12. The number of hydrogen-bond acceptors (Lipinski definition) is 9. The second-order valence-electron chi connectivity index (χ2n) is 10.8. The number of para-hydroxylation sites is 2. The van der Waals surface area contributed by atoms with Crippen molar-refractivity contribution in [3.63, 3.8) is 0 Å². The van der Waals surface area contributed by atoms with Crippen LogP contribution in [0.25, 0.3) is 0 Å². The van der Waals surface area contributed by atoms with E-state index < -0.39 is 72.8 Å². The lowest BCUT2D eigenvalue weighted by molar-refractivity contribution is -0.161. The lowest BCUT2D eigenvalue weighted by Crippen LogP contribution is -2.56. The van der Waals surface area contributed by atoms with Gasteiger partial charge in [0, 0.05) is 12.5 Å². The normalized spacial score (nSPS) is 15.4. The van der Waals surface area contributed by atoms with Gasteiger partial charge in [0.1, 0.15) is 24.6 Å². The largest absolute Gasteiger partial charge is 0.507 e. The van der Waals surface area contributed by atoms with Crippen LogP contribution < -0.4 is 20.4 Å². The number of phenolic OH excluding ortho intramolecular Hbond substituents is 1. The number of carbonyl (C=O) groups is 7. The minimum Gasteiger partial charge on any atom is -0.507 e. The Balaban J connectivity index is 2.08. The summed E-state index contributed by atoms with van der Waals surface area (Å²) in [6.45, 7) is 5.96. The molecule has 0 spiro atoms. The fourth-order valence-corrected chi connectivity index (χ4v) is 4.82. The maximum atomic E-state index is 14.0. The number of aldehydes is 1. The molecule has 3 rings (SSSR count). The molecule has 0 aliphatic carbocycles. The van der Waals surface area contributed by atoms with Crippen molar-refractivity contribution in [3.05, 3.63) is 53.1 Å². The zero-order chi connectivity index (χ0) is 32.9. The molecule has 234 valence electrons. The number of phenols is 1. The van der Waals surface area contributed by atoms with Crippen LogP contribution >= 0.6 is 0 Å². The molecule has 4 N–H and O–H groups in total. The number of fused-ring (bicyclic) bond motifs is 1. The highest BCUT2D eigenvalue weighted by Crippen LogP contribution is 2.35. The number of aromatic hydroxyl groups is 1. The van der Waals surface area contributed by atoms with E-state index in [9.17, 15) is 38.7 Å². The molecule has 1 aliphatic rings. The van der Waals surface area contributed by atoms with Gasteiger partial charge in [0.2, 0.25) is 5.91 Å². The molecule has 0 aromatic heterocycles. The molecule has 0 fully saturated rings. The van der Waals surface area contributed by atoms with Crippen LogP contribution in [0.3, 0.4) is 0 Å². The summed E-state index contributed by atoms with van der Waals surface area (Å²) >= 11 is 0. The van der Waals surface area contributed by atoms with E-state index in [0.29, 0.717) is 11.1 Å². The van der Waals surface area contributed by atoms with Crippen molar-refractivity contribution in [2.75, 3.05) is 22.9 Å². The summed E-state index contributed by atoms with van der Waals surface area (Å²) in [6.07, 6.45) is -0.427. The Hall–Kier alpha value is -5.27. The van der Waals surface area contributed by atoms with E-state index in [1.165, 1.54) is 43.0 Å². The minimum absolute atomic E-state index is 0.000677. The Morgan fingerprint density at radius 2 is 1.68 bits per heavy atom. The van der Waals surface area contributed by atoms with Gasteiger partial charge in [-0.2, -0.15) is 0 Å². The molecule has 2 aromatic carbocycles. The molecule has 0 bridgehead atoms. The summed E-state index contributed by atoms with van der Waals surface area (Å²) in [4.78, 5) is 90.6. The summed E-state index contributed by atoms with van der Waals surface area (Å²) in [5.41, 5.74) is -0.490. The third kappa shape index (κ3) is 7.56. The lowest BCUT2D eigenvalue weighted by atomic mass is 10.0. The van der Waals surface area contributed by atoms with E-state index >= 15 is 0 Å². The summed E-state index contributed by atoms with van der Waals surface area (Å²) < 4.78 is 5.25. The van der Waals surface area contributed by atoms with Gasteiger partial charge in [-0.05, 0) is 63.1 Å². The number of carboxylic acids is 1. The van der Waals surface area contributed by atoms with Crippen LogP contribution in [-0.4, -0.2) is 82.8 Å². The van der Waals surface area contributed by atoms with Crippen LogP contribution in [-0.2, 0) is 33.5 Å². The molecule has 14 heteroatoms. The number of amides is 4. The van der Waals surface area contributed by atoms with Crippen molar-refractivity contribution < 1.29 is 48.5 Å². The molecule has 2 atom stereocenters. The first-order valence-electron chi connectivity index (χ1n) is 13.5. The molecule has 1 aliphatic heterocycles. The number of aliphatic carboxylic acids is 1. The van der Waals surface area contributed by atoms with Gasteiger partial charge in [0.15, 0.2) is 5.60 Å². The Kier molecular flexibility index (Phi) is 10.1. The van der Waals surface area contributed by atoms with Crippen LogP contribution in [0.5, 0.6) is 5.75 Å². The van der Waals surface area contributed by atoms with Gasteiger partial charge in [-0.25, -0.2) is 0 Å². The summed E-state index contributed by atoms with van der Waals surface area (Å²) in [7, 11) is 0. The molecule has 2 aromatic rings. The third-order valence-corrected chi connectivity index (χ3v) is 6.82. The number of carbonyl (C=O) groups excluding carboxylic acids is 6. The Morgan fingerprint density at radius 1 is 1.09 bits per heavy atom. The van der Waals surface area contributed by atoms with Crippen molar-refractivity contribution in [3.8, 4) is 5.75 Å². The number of nitrogens with zero attached hydrogens (tertiary/aromatic N) is 2. The van der Waals surface area contributed by atoms with Gasteiger partial charge < -0.3 is 35.3 Å². The van der Waals surface area contributed by atoms with Crippen LogP contribution in [0.4, 0.5) is 11.4 Å². The smallest absolute Gasteiger partial charge is 0.305 e. The Labute approximate surface area is 253 Å². The van der Waals surface area contributed by atoms with Gasteiger partial charge in [-0.15, -0.1) is 0 Å². The average Bonchev–Trinajstić information content (AvgIpc) is 3.04.